The van der Waals surface area contributed by atoms with Gasteiger partial charge in [0, 0.05) is 33.7 Å². The molecule has 0 bridgehead atoms. The molecule has 214 valence electrons. The average molecular weight is 578 g/mol. The Morgan fingerprint density at radius 1 is 0.467 bits per heavy atom. The first-order chi connectivity index (χ1) is 22.1. The lowest BCUT2D eigenvalue weighted by molar-refractivity contribution is 0.425. The molecule has 0 atom stereocenters. The van der Waals surface area contributed by atoms with Gasteiger partial charge in [0.25, 0.3) is 0 Å². The second-order valence-corrected chi connectivity index (χ2v) is 12.7. The zero-order valence-electron chi connectivity index (χ0n) is 25.3. The molecule has 0 fully saturated rings. The van der Waals surface area contributed by atoms with E-state index in [-0.39, 0.29) is 5.41 Å². The summed E-state index contributed by atoms with van der Waals surface area (Å²) in [6.45, 7) is 4.73. The van der Waals surface area contributed by atoms with Crippen molar-refractivity contribution in [3.8, 4) is 33.8 Å². The summed E-state index contributed by atoms with van der Waals surface area (Å²) in [4.78, 5) is 4.74. The Bertz CT molecular complexity index is 2240. The molecule has 6 aromatic carbocycles. The number of hydrogen-bond acceptors (Lipinski definition) is 2. The van der Waals surface area contributed by atoms with Gasteiger partial charge in [-0.15, -0.1) is 0 Å². The van der Waals surface area contributed by atoms with Crippen molar-refractivity contribution in [3.63, 3.8) is 0 Å². The van der Waals surface area contributed by atoms with Crippen LogP contribution in [0, 0.1) is 0 Å². The van der Waals surface area contributed by atoms with E-state index in [4.69, 9.17) is 9.72 Å². The van der Waals surface area contributed by atoms with E-state index < -0.39 is 5.41 Å². The monoisotopic (exact) mass is 577 g/mol. The molecule has 1 aromatic heterocycles. The van der Waals surface area contributed by atoms with E-state index in [0.29, 0.717) is 0 Å². The topological polar surface area (TPSA) is 22.1 Å². The molecule has 9 rings (SSSR count). The number of nitrogens with zero attached hydrogens (tertiary/aromatic N) is 1. The Morgan fingerprint density at radius 3 is 1.84 bits per heavy atom. The van der Waals surface area contributed by atoms with Crippen LogP contribution in [0.15, 0.2) is 152 Å². The molecule has 2 heterocycles. The van der Waals surface area contributed by atoms with E-state index in [0.717, 1.165) is 33.5 Å². The maximum Gasteiger partial charge on any atom is 0.132 e. The number of ether oxygens (including phenoxy) is 1. The van der Waals surface area contributed by atoms with Crippen LogP contribution in [0.3, 0.4) is 0 Å². The van der Waals surface area contributed by atoms with Crippen molar-refractivity contribution in [1.29, 1.82) is 0 Å². The van der Waals surface area contributed by atoms with Gasteiger partial charge in [-0.25, -0.2) is 0 Å². The third kappa shape index (κ3) is 3.60. The molecule has 0 saturated carbocycles. The van der Waals surface area contributed by atoms with Gasteiger partial charge in [-0.3, -0.25) is 4.98 Å². The lowest BCUT2D eigenvalue weighted by Gasteiger charge is -2.50. The predicted octanol–water partition coefficient (Wildman–Crippen LogP) is 10.7. The van der Waals surface area contributed by atoms with Crippen LogP contribution in [-0.4, -0.2) is 4.98 Å². The van der Waals surface area contributed by atoms with Crippen molar-refractivity contribution in [2.75, 3.05) is 0 Å². The predicted molar refractivity (Wildman–Crippen MR) is 183 cm³/mol. The van der Waals surface area contributed by atoms with Crippen molar-refractivity contribution in [2.24, 2.45) is 0 Å². The maximum atomic E-state index is 6.60. The van der Waals surface area contributed by atoms with E-state index in [1.807, 2.05) is 12.3 Å². The van der Waals surface area contributed by atoms with Crippen molar-refractivity contribution in [2.45, 2.75) is 24.7 Å². The molecule has 0 radical (unpaired) electrons. The second kappa shape index (κ2) is 9.51. The highest BCUT2D eigenvalue weighted by Crippen LogP contribution is 2.61. The quantitative estimate of drug-likeness (QED) is 0.204. The molecule has 1 spiro atoms. The third-order valence-electron chi connectivity index (χ3n) is 10.0. The fourth-order valence-electron chi connectivity index (χ4n) is 8.00. The van der Waals surface area contributed by atoms with Crippen LogP contribution < -0.4 is 4.74 Å². The van der Waals surface area contributed by atoms with Crippen LogP contribution in [0.2, 0.25) is 0 Å². The minimum absolute atomic E-state index is 0.186. The van der Waals surface area contributed by atoms with Gasteiger partial charge in [-0.05, 0) is 69.3 Å². The Balaban J connectivity index is 1.33. The standard InChI is InChI=1S/C43H31NO/c1-42(2)33-17-3-4-18-35(33)43(36-19-5-7-21-39(36)45-40-22-8-6-20-37(40)43)38-27-30(23-24-34(38)42)29-13-9-14-31(26-29)32-16-10-12-28-15-11-25-44-41(28)32/h3-27H,1-2H3. The Hall–Kier alpha value is -5.47. The smallest absolute Gasteiger partial charge is 0.132 e. The molecule has 45 heavy (non-hydrogen) atoms. The number of para-hydroxylation sites is 3. The normalized spacial score (nSPS) is 15.0. The molecule has 7 aromatic rings. The van der Waals surface area contributed by atoms with Crippen LogP contribution in [0.1, 0.15) is 47.2 Å². The number of fused-ring (bicyclic) bond motifs is 9. The highest BCUT2D eigenvalue weighted by Gasteiger charge is 2.52. The molecule has 2 aliphatic rings. The first-order valence-corrected chi connectivity index (χ1v) is 15.6. The first kappa shape index (κ1) is 26.0. The molecule has 2 nitrogen and oxygen atoms in total. The minimum Gasteiger partial charge on any atom is -0.457 e. The number of hydrogen-bond donors (Lipinski definition) is 0. The van der Waals surface area contributed by atoms with E-state index in [1.165, 1.54) is 44.5 Å². The molecule has 0 unspecified atom stereocenters. The zero-order valence-corrected chi connectivity index (χ0v) is 25.3. The molecule has 0 saturated heterocycles. The highest BCUT2D eigenvalue weighted by atomic mass is 16.5. The van der Waals surface area contributed by atoms with Gasteiger partial charge >= 0.3 is 0 Å². The van der Waals surface area contributed by atoms with Gasteiger partial charge in [0.2, 0.25) is 0 Å². The fourth-order valence-corrected chi connectivity index (χ4v) is 8.00. The van der Waals surface area contributed by atoms with Gasteiger partial charge in [0.15, 0.2) is 0 Å². The van der Waals surface area contributed by atoms with Crippen LogP contribution in [-0.2, 0) is 10.8 Å². The summed E-state index contributed by atoms with van der Waals surface area (Å²) in [5.41, 5.74) is 12.7. The minimum atomic E-state index is -0.528. The van der Waals surface area contributed by atoms with E-state index in [2.05, 4.69) is 153 Å². The summed E-state index contributed by atoms with van der Waals surface area (Å²) < 4.78 is 6.60. The van der Waals surface area contributed by atoms with Crippen molar-refractivity contribution in [3.05, 3.63) is 185 Å². The molecule has 1 aliphatic heterocycles. The van der Waals surface area contributed by atoms with Gasteiger partial charge in [-0.2, -0.15) is 0 Å². The number of aromatic nitrogens is 1. The summed E-state index contributed by atoms with van der Waals surface area (Å²) in [5.74, 6) is 1.82. The molecule has 0 N–H and O–H groups in total. The van der Waals surface area contributed by atoms with Gasteiger partial charge in [0.05, 0.1) is 10.9 Å². The summed E-state index contributed by atoms with van der Waals surface area (Å²) >= 11 is 0. The SMILES string of the molecule is CC1(C)c2ccccc2C2(c3ccccc3Oc3ccccc32)c2cc(-c3cccc(-c4cccc5cccnc45)c3)ccc21. The molecule has 2 heteroatoms. The average Bonchev–Trinajstić information content (AvgIpc) is 3.10. The van der Waals surface area contributed by atoms with Crippen molar-refractivity contribution in [1.82, 2.24) is 4.98 Å². The number of rotatable bonds is 2. The Morgan fingerprint density at radius 2 is 1.07 bits per heavy atom. The van der Waals surface area contributed by atoms with Crippen molar-refractivity contribution < 1.29 is 4.74 Å². The lowest BCUT2D eigenvalue weighted by atomic mass is 9.53. The maximum absolute atomic E-state index is 6.60. The molecule has 0 amide bonds. The van der Waals surface area contributed by atoms with Gasteiger partial charge < -0.3 is 4.74 Å². The van der Waals surface area contributed by atoms with Crippen molar-refractivity contribution >= 4 is 10.9 Å². The molecular formula is C43H31NO. The number of pyridine rings is 1. The fraction of sp³-hybridized carbons (Fsp3) is 0.0930. The highest BCUT2D eigenvalue weighted by molar-refractivity contribution is 5.94. The number of benzene rings is 6. The summed E-state index contributed by atoms with van der Waals surface area (Å²) in [6, 6.07) is 52.8. The molecule has 1 aliphatic carbocycles. The zero-order chi connectivity index (χ0) is 30.2. The Kier molecular flexibility index (Phi) is 5.49. The van der Waals surface area contributed by atoms with Crippen LogP contribution in [0.4, 0.5) is 0 Å². The summed E-state index contributed by atoms with van der Waals surface area (Å²) in [6.07, 6.45) is 1.88. The first-order valence-electron chi connectivity index (χ1n) is 15.6. The van der Waals surface area contributed by atoms with E-state index in [1.54, 1.807) is 0 Å². The van der Waals surface area contributed by atoms with Gasteiger partial charge in [0.1, 0.15) is 11.5 Å². The summed E-state index contributed by atoms with van der Waals surface area (Å²) in [7, 11) is 0. The largest absolute Gasteiger partial charge is 0.457 e. The van der Waals surface area contributed by atoms with E-state index in [9.17, 15) is 0 Å². The van der Waals surface area contributed by atoms with Crippen LogP contribution in [0.5, 0.6) is 11.5 Å². The third-order valence-corrected chi connectivity index (χ3v) is 10.0. The van der Waals surface area contributed by atoms with E-state index >= 15 is 0 Å². The van der Waals surface area contributed by atoms with Crippen LogP contribution >= 0.6 is 0 Å². The lowest BCUT2D eigenvalue weighted by Crippen LogP contribution is -2.43. The van der Waals surface area contributed by atoms with Gasteiger partial charge in [-0.1, -0.05) is 129 Å². The summed E-state index contributed by atoms with van der Waals surface area (Å²) in [5, 5.41) is 1.15. The Labute approximate surface area is 263 Å². The second-order valence-electron chi connectivity index (χ2n) is 12.7. The van der Waals surface area contributed by atoms with Crippen LogP contribution in [0.25, 0.3) is 33.2 Å². The molecular weight excluding hydrogens is 546 g/mol.